The fourth-order valence-electron chi connectivity index (χ4n) is 2.40. The number of rotatable bonds is 2. The average Bonchev–Trinajstić information content (AvgIpc) is 2.64. The summed E-state index contributed by atoms with van der Waals surface area (Å²) in [5.41, 5.74) is 8.54. The molecule has 4 heteroatoms. The van der Waals surface area contributed by atoms with E-state index >= 15 is 0 Å². The highest BCUT2D eigenvalue weighted by molar-refractivity contribution is 7.87. The van der Waals surface area contributed by atoms with Gasteiger partial charge in [0, 0.05) is 21.6 Å². The zero-order chi connectivity index (χ0) is 13.5. The van der Waals surface area contributed by atoms with Crippen LogP contribution in [0.1, 0.15) is 37.9 Å². The van der Waals surface area contributed by atoms with Crippen LogP contribution in [0.25, 0.3) is 0 Å². The number of methoxy groups -OCH3 is 1. The number of hydrogen-bond acceptors (Lipinski definition) is 3. The van der Waals surface area contributed by atoms with E-state index in [1.165, 1.54) is 5.56 Å². The number of benzene rings is 1. The molecular weight excluding hydrogens is 246 g/mol. The molecule has 0 fully saturated rings. The van der Waals surface area contributed by atoms with E-state index in [9.17, 15) is 4.21 Å². The van der Waals surface area contributed by atoms with Crippen molar-refractivity contribution in [3.63, 3.8) is 0 Å². The van der Waals surface area contributed by atoms with E-state index in [0.717, 1.165) is 17.7 Å². The van der Waals surface area contributed by atoms with Crippen LogP contribution in [0.2, 0.25) is 0 Å². The van der Waals surface area contributed by atoms with Crippen LogP contribution < -0.4 is 10.5 Å². The largest absolute Gasteiger partial charge is 0.497 e. The number of ether oxygens (including phenoxy) is 1. The minimum Gasteiger partial charge on any atom is -0.497 e. The lowest BCUT2D eigenvalue weighted by Crippen LogP contribution is -2.36. The first-order valence-electron chi connectivity index (χ1n) is 6.17. The van der Waals surface area contributed by atoms with Crippen molar-refractivity contribution in [3.8, 4) is 5.75 Å². The minimum atomic E-state index is -0.943. The predicted molar refractivity (Wildman–Crippen MR) is 75.3 cm³/mol. The molecule has 0 aromatic heterocycles. The monoisotopic (exact) mass is 267 g/mol. The van der Waals surface area contributed by atoms with Gasteiger partial charge in [-0.15, -0.1) is 0 Å². The maximum atomic E-state index is 12.5. The normalized spacial score (nSPS) is 24.7. The molecule has 100 valence electrons. The maximum Gasteiger partial charge on any atom is 0.119 e. The highest BCUT2D eigenvalue weighted by Crippen LogP contribution is 2.37. The summed E-state index contributed by atoms with van der Waals surface area (Å²) in [6, 6.07) is 5.79. The summed E-state index contributed by atoms with van der Waals surface area (Å²) in [5.74, 6) is 0.811. The zero-order valence-electron chi connectivity index (χ0n) is 11.4. The Kier molecular flexibility index (Phi) is 3.52. The summed E-state index contributed by atoms with van der Waals surface area (Å²) in [6.45, 7) is 6.00. The second-order valence-electron chi connectivity index (χ2n) is 5.74. The Balaban J connectivity index is 2.31. The topological polar surface area (TPSA) is 52.3 Å². The van der Waals surface area contributed by atoms with Crippen molar-refractivity contribution in [2.75, 3.05) is 7.11 Å². The average molecular weight is 267 g/mol. The van der Waals surface area contributed by atoms with Crippen molar-refractivity contribution in [3.05, 3.63) is 29.3 Å². The molecule has 2 N–H and O–H groups in total. The zero-order valence-corrected chi connectivity index (χ0v) is 12.2. The molecule has 2 rings (SSSR count). The Morgan fingerprint density at radius 3 is 2.61 bits per heavy atom. The molecule has 0 bridgehead atoms. The Morgan fingerprint density at radius 1 is 1.39 bits per heavy atom. The van der Waals surface area contributed by atoms with Crippen LogP contribution in [0.15, 0.2) is 18.2 Å². The molecule has 0 spiro atoms. The molecule has 0 aliphatic heterocycles. The molecule has 3 unspecified atom stereocenters. The Bertz CT molecular complexity index is 479. The van der Waals surface area contributed by atoms with Crippen molar-refractivity contribution >= 4 is 10.8 Å². The SMILES string of the molecule is COc1ccc2c(c1)C(N)C(S(=O)C(C)(C)C)C2. The van der Waals surface area contributed by atoms with Crippen LogP contribution in [0.4, 0.5) is 0 Å². The minimum absolute atomic E-state index is 0.00658. The molecule has 0 heterocycles. The quantitative estimate of drug-likeness (QED) is 0.893. The van der Waals surface area contributed by atoms with Crippen LogP contribution in [0, 0.1) is 0 Å². The van der Waals surface area contributed by atoms with Gasteiger partial charge >= 0.3 is 0 Å². The molecule has 1 aliphatic carbocycles. The van der Waals surface area contributed by atoms with E-state index in [1.807, 2.05) is 39.0 Å². The second-order valence-corrected chi connectivity index (χ2v) is 8.17. The molecule has 0 radical (unpaired) electrons. The molecule has 0 saturated carbocycles. The van der Waals surface area contributed by atoms with Gasteiger partial charge in [0.1, 0.15) is 5.75 Å². The van der Waals surface area contributed by atoms with Crippen molar-refractivity contribution in [1.82, 2.24) is 0 Å². The molecule has 1 aliphatic rings. The molecule has 3 nitrogen and oxygen atoms in total. The summed E-state index contributed by atoms with van der Waals surface area (Å²) >= 11 is 0. The molecule has 1 aromatic carbocycles. The van der Waals surface area contributed by atoms with Crippen molar-refractivity contribution in [2.24, 2.45) is 5.73 Å². The van der Waals surface area contributed by atoms with Crippen molar-refractivity contribution in [2.45, 2.75) is 43.2 Å². The standard InChI is InChI=1S/C14H21NO2S/c1-14(2,3)18(16)12-7-9-5-6-10(17-4)8-11(9)13(12)15/h5-6,8,12-13H,7,15H2,1-4H3. The third-order valence-electron chi connectivity index (χ3n) is 3.41. The first-order valence-corrected chi connectivity index (χ1v) is 7.39. The smallest absolute Gasteiger partial charge is 0.119 e. The van der Waals surface area contributed by atoms with Crippen LogP contribution in [-0.2, 0) is 17.2 Å². The van der Waals surface area contributed by atoms with Gasteiger partial charge in [-0.1, -0.05) is 6.07 Å². The number of nitrogens with two attached hydrogens (primary N) is 1. The van der Waals surface area contributed by atoms with Crippen LogP contribution in [0.3, 0.4) is 0 Å². The van der Waals surface area contributed by atoms with E-state index in [2.05, 4.69) is 0 Å². The fourth-order valence-corrected chi connectivity index (χ4v) is 4.06. The molecule has 3 atom stereocenters. The number of hydrogen-bond donors (Lipinski definition) is 1. The van der Waals surface area contributed by atoms with Crippen molar-refractivity contribution in [1.29, 1.82) is 0 Å². The number of fused-ring (bicyclic) bond motifs is 1. The van der Waals surface area contributed by atoms with Crippen LogP contribution >= 0.6 is 0 Å². The highest BCUT2D eigenvalue weighted by atomic mass is 32.2. The fraction of sp³-hybridized carbons (Fsp3) is 0.571. The second kappa shape index (κ2) is 4.67. The van der Waals surface area contributed by atoms with Gasteiger partial charge in [-0.3, -0.25) is 4.21 Å². The van der Waals surface area contributed by atoms with Gasteiger partial charge in [0.2, 0.25) is 0 Å². The first kappa shape index (κ1) is 13.6. The first-order chi connectivity index (χ1) is 8.34. The van der Waals surface area contributed by atoms with Gasteiger partial charge in [-0.05, 0) is 50.5 Å². The maximum absolute atomic E-state index is 12.5. The Labute approximate surface area is 111 Å². The lowest BCUT2D eigenvalue weighted by atomic mass is 10.1. The summed E-state index contributed by atoms with van der Waals surface area (Å²) in [6.07, 6.45) is 0.796. The summed E-state index contributed by atoms with van der Waals surface area (Å²) < 4.78 is 17.5. The van der Waals surface area contributed by atoms with E-state index in [0.29, 0.717) is 0 Å². The van der Waals surface area contributed by atoms with Gasteiger partial charge in [0.05, 0.1) is 12.4 Å². The molecule has 1 aromatic rings. The van der Waals surface area contributed by atoms with E-state index in [1.54, 1.807) is 7.11 Å². The molecule has 0 saturated heterocycles. The van der Waals surface area contributed by atoms with Gasteiger partial charge < -0.3 is 10.5 Å². The Hall–Kier alpha value is -0.870. The van der Waals surface area contributed by atoms with E-state index < -0.39 is 10.8 Å². The van der Waals surface area contributed by atoms with Crippen LogP contribution in [0.5, 0.6) is 5.75 Å². The lowest BCUT2D eigenvalue weighted by molar-refractivity contribution is 0.414. The van der Waals surface area contributed by atoms with Gasteiger partial charge in [-0.25, -0.2) is 0 Å². The summed E-state index contributed by atoms with van der Waals surface area (Å²) in [5, 5.41) is 0.00658. The summed E-state index contributed by atoms with van der Waals surface area (Å²) in [7, 11) is 0.702. The third-order valence-corrected chi connectivity index (χ3v) is 5.63. The van der Waals surface area contributed by atoms with Crippen LogP contribution in [-0.4, -0.2) is 21.3 Å². The predicted octanol–water partition coefficient (Wildman–Crippen LogP) is 2.17. The van der Waals surface area contributed by atoms with Crippen molar-refractivity contribution < 1.29 is 8.95 Å². The van der Waals surface area contributed by atoms with Gasteiger partial charge in [-0.2, -0.15) is 0 Å². The third kappa shape index (κ3) is 2.31. The lowest BCUT2D eigenvalue weighted by Gasteiger charge is -2.25. The van der Waals surface area contributed by atoms with Gasteiger partial charge in [0.25, 0.3) is 0 Å². The van der Waals surface area contributed by atoms with Gasteiger partial charge in [0.15, 0.2) is 0 Å². The molecule has 18 heavy (non-hydrogen) atoms. The summed E-state index contributed by atoms with van der Waals surface area (Å²) in [4.78, 5) is 0. The molecule has 0 amide bonds. The highest BCUT2D eigenvalue weighted by Gasteiger charge is 2.38. The molecular formula is C14H21NO2S. The van der Waals surface area contributed by atoms with E-state index in [-0.39, 0.29) is 16.0 Å². The van der Waals surface area contributed by atoms with E-state index in [4.69, 9.17) is 10.5 Å². The Morgan fingerprint density at radius 2 is 2.06 bits per heavy atom.